The van der Waals surface area contributed by atoms with Crippen molar-refractivity contribution >= 4 is 25.5 Å². The minimum atomic E-state index is -5.41. The summed E-state index contributed by atoms with van der Waals surface area (Å²) in [6.45, 7) is 2.85. The first-order valence-corrected chi connectivity index (χ1v) is 24.3. The minimum Gasteiger partial charge on any atom is -0.462 e. The molecule has 0 saturated carbocycles. The maximum Gasteiger partial charge on any atom is 0.472 e. The Bertz CT molecular complexity index is 1370. The highest BCUT2D eigenvalue weighted by Crippen LogP contribution is 2.47. The lowest BCUT2D eigenvalue weighted by Crippen LogP contribution is -2.55. The molecule has 2 rings (SSSR count). The average Bonchev–Trinajstić information content (AvgIpc) is 3.23. The van der Waals surface area contributed by atoms with E-state index in [1.54, 1.807) is 12.2 Å². The quantitative estimate of drug-likeness (QED) is 0.0292. The molecule has 0 spiro atoms. The fraction of sp³-hybridized carbons (Fsp3) is 0.800. The Morgan fingerprint density at radius 2 is 1.39 bits per heavy atom. The third-order valence-electron chi connectivity index (χ3n) is 11.2. The number of carbonyl (C=O) groups excluding carboxylic acids is 3. The smallest absolute Gasteiger partial charge is 0.462 e. The molecule has 1 aliphatic heterocycles. The molecule has 16 heteroatoms. The fourth-order valence-corrected chi connectivity index (χ4v) is 8.34. The number of rotatable bonds is 21. The molecular weight excluding hydrogens is 811 g/mol. The second-order valence-electron chi connectivity index (χ2n) is 16.6. The SMILES string of the molecule is CCCCCCCCCCCCCCCC(=O)O[C@@H]1COC(=O)CCC/C=C\C[C@H]2/C=C\C(=O)[C@H](/C=C/[C@@H](O)CCCCC)[C@@H](O)[C@@H](O)[C@@H](OP(=O)(O)OC1)[C@H](O)[C@@H](O)[C@@H]2O. The van der Waals surface area contributed by atoms with Crippen molar-refractivity contribution in [2.45, 2.75) is 204 Å². The van der Waals surface area contributed by atoms with E-state index in [9.17, 15) is 54.5 Å². The fourth-order valence-electron chi connectivity index (χ4n) is 7.37. The summed E-state index contributed by atoms with van der Waals surface area (Å²) in [4.78, 5) is 49.9. The highest BCUT2D eigenvalue weighted by atomic mass is 31.2. The lowest BCUT2D eigenvalue weighted by molar-refractivity contribution is -0.164. The number of ether oxygens (including phenoxy) is 2. The number of cyclic esters (lactones) is 1. The van der Waals surface area contributed by atoms with Crippen LogP contribution in [-0.2, 0) is 37.5 Å². The average molecular weight is 889 g/mol. The molecule has 0 aromatic heterocycles. The van der Waals surface area contributed by atoms with E-state index in [1.165, 1.54) is 69.6 Å². The van der Waals surface area contributed by atoms with Gasteiger partial charge in [-0.25, -0.2) is 4.57 Å². The van der Waals surface area contributed by atoms with Gasteiger partial charge in [0, 0.05) is 18.8 Å². The van der Waals surface area contributed by atoms with Gasteiger partial charge < -0.3 is 45.0 Å². The molecule has 0 fully saturated rings. The molecule has 15 nitrogen and oxygen atoms in total. The van der Waals surface area contributed by atoms with Crippen molar-refractivity contribution < 1.29 is 73.0 Å². The molecule has 1 unspecified atom stereocenters. The number of unbranched alkanes of at least 4 members (excludes halogenated alkanes) is 14. The second kappa shape index (κ2) is 31.5. The number of phosphoric acid groups is 1. The van der Waals surface area contributed by atoms with Crippen molar-refractivity contribution in [3.05, 3.63) is 36.5 Å². The van der Waals surface area contributed by atoms with E-state index in [0.29, 0.717) is 32.1 Å². The molecule has 352 valence electrons. The van der Waals surface area contributed by atoms with Crippen LogP contribution in [0.4, 0.5) is 0 Å². The van der Waals surface area contributed by atoms with Crippen LogP contribution in [0.15, 0.2) is 36.5 Å². The number of aliphatic hydroxyl groups is 6. The number of aliphatic hydroxyl groups excluding tert-OH is 6. The third-order valence-corrected chi connectivity index (χ3v) is 12.2. The van der Waals surface area contributed by atoms with Crippen molar-refractivity contribution in [1.82, 2.24) is 0 Å². The zero-order valence-electron chi connectivity index (χ0n) is 36.6. The van der Waals surface area contributed by atoms with Gasteiger partial charge in [0.25, 0.3) is 0 Å². The summed E-state index contributed by atoms with van der Waals surface area (Å²) in [6, 6.07) is 0. The van der Waals surface area contributed by atoms with Gasteiger partial charge in [-0.1, -0.05) is 141 Å². The Balaban J connectivity index is 2.23. The molecule has 2 bridgehead atoms. The van der Waals surface area contributed by atoms with Gasteiger partial charge in [0.1, 0.15) is 31.0 Å². The molecule has 1 heterocycles. The highest BCUT2D eigenvalue weighted by molar-refractivity contribution is 7.47. The molecule has 7 N–H and O–H groups in total. The van der Waals surface area contributed by atoms with Crippen molar-refractivity contribution in [2.24, 2.45) is 11.8 Å². The molecule has 0 aromatic rings. The van der Waals surface area contributed by atoms with E-state index in [2.05, 4.69) is 6.92 Å². The predicted molar refractivity (Wildman–Crippen MR) is 230 cm³/mol. The number of hydrogen-bond donors (Lipinski definition) is 7. The molecular formula is C45H77O15P. The molecule has 61 heavy (non-hydrogen) atoms. The number of carbonyl (C=O) groups is 3. The van der Waals surface area contributed by atoms with E-state index in [1.807, 2.05) is 6.92 Å². The van der Waals surface area contributed by atoms with Gasteiger partial charge in [0.05, 0.1) is 30.8 Å². The van der Waals surface area contributed by atoms with Crippen LogP contribution in [0.25, 0.3) is 0 Å². The lowest BCUT2D eigenvalue weighted by atomic mass is 9.87. The Kier molecular flexibility index (Phi) is 28.3. The number of esters is 2. The van der Waals surface area contributed by atoms with Gasteiger partial charge in [0.15, 0.2) is 11.9 Å². The van der Waals surface area contributed by atoms with Crippen LogP contribution in [0, 0.1) is 11.8 Å². The summed E-state index contributed by atoms with van der Waals surface area (Å²) in [6.07, 6.45) is 10.9. The third kappa shape index (κ3) is 22.8. The first-order chi connectivity index (χ1) is 29.2. The van der Waals surface area contributed by atoms with Crippen LogP contribution in [-0.4, -0.2) is 115 Å². The van der Waals surface area contributed by atoms with Crippen LogP contribution >= 0.6 is 7.82 Å². The van der Waals surface area contributed by atoms with Gasteiger partial charge in [0.2, 0.25) is 0 Å². The zero-order valence-corrected chi connectivity index (χ0v) is 37.4. The Morgan fingerprint density at radius 3 is 2.03 bits per heavy atom. The van der Waals surface area contributed by atoms with Crippen LogP contribution in [0.2, 0.25) is 0 Å². The maximum absolute atomic E-state index is 13.5. The number of ketones is 1. The van der Waals surface area contributed by atoms with Gasteiger partial charge >= 0.3 is 19.8 Å². The molecule has 0 radical (unpaired) electrons. The molecule has 2 aliphatic rings. The van der Waals surface area contributed by atoms with Gasteiger partial charge in [-0.15, -0.1) is 0 Å². The number of hydrogen-bond acceptors (Lipinski definition) is 14. The molecule has 0 aromatic carbocycles. The van der Waals surface area contributed by atoms with E-state index in [-0.39, 0.29) is 19.3 Å². The Morgan fingerprint density at radius 1 is 0.803 bits per heavy atom. The van der Waals surface area contributed by atoms with E-state index >= 15 is 0 Å². The van der Waals surface area contributed by atoms with Crippen LogP contribution in [0.3, 0.4) is 0 Å². The van der Waals surface area contributed by atoms with Gasteiger partial charge in [-0.3, -0.25) is 23.4 Å². The number of fused-ring (bicyclic) bond motifs is 4. The molecule has 0 saturated heterocycles. The first kappa shape index (κ1) is 54.8. The Labute approximate surface area is 363 Å². The highest BCUT2D eigenvalue weighted by Gasteiger charge is 2.47. The first-order valence-electron chi connectivity index (χ1n) is 22.8. The van der Waals surface area contributed by atoms with Crippen LogP contribution in [0.5, 0.6) is 0 Å². The van der Waals surface area contributed by atoms with Crippen molar-refractivity contribution in [1.29, 1.82) is 0 Å². The van der Waals surface area contributed by atoms with Gasteiger partial charge in [-0.05, 0) is 38.2 Å². The molecule has 1 aliphatic carbocycles. The summed E-state index contributed by atoms with van der Waals surface area (Å²) >= 11 is 0. The summed E-state index contributed by atoms with van der Waals surface area (Å²) in [7, 11) is -5.41. The van der Waals surface area contributed by atoms with Gasteiger partial charge in [-0.2, -0.15) is 0 Å². The molecule has 11 atom stereocenters. The minimum absolute atomic E-state index is 0.0120. The summed E-state index contributed by atoms with van der Waals surface area (Å²) in [5.41, 5.74) is 0. The largest absolute Gasteiger partial charge is 0.472 e. The second-order valence-corrected chi connectivity index (χ2v) is 18.0. The molecule has 0 amide bonds. The number of allylic oxidation sites excluding steroid dienone is 3. The Hall–Kier alpha value is -2.30. The topological polar surface area (TPSA) is 247 Å². The predicted octanol–water partition coefficient (Wildman–Crippen LogP) is 6.23. The van der Waals surface area contributed by atoms with Crippen LogP contribution < -0.4 is 0 Å². The lowest BCUT2D eigenvalue weighted by Gasteiger charge is -2.36. The zero-order chi connectivity index (χ0) is 45.0. The standard InChI is InChI=1S/C45H77O15P/c1-3-5-7-8-9-10-11-12-13-14-15-16-22-26-39(49)59-35-31-57-38(48)25-21-18-17-20-23-33-27-30-37(47)36(29-28-34(46)24-19-6-4-2)41(51)43(53)45(44(54)42(52)40(33)50)60-61(55,56)58-32-35/h17,20,27-30,33-36,40-46,50-54H,3-16,18-19,21-26,31-32H2,1-2H3,(H,55,56)/b20-17-,29-28+,30-27-/t33-,34-,35+,36-,40+,41+,42-,43+,44+,45+/m0/s1. The van der Waals surface area contributed by atoms with E-state index in [0.717, 1.165) is 44.6 Å². The summed E-state index contributed by atoms with van der Waals surface area (Å²) in [5.74, 6) is -4.64. The maximum atomic E-state index is 13.5. The monoisotopic (exact) mass is 889 g/mol. The van der Waals surface area contributed by atoms with Crippen molar-refractivity contribution in [2.75, 3.05) is 13.2 Å². The number of phosphoric ester groups is 1. The summed E-state index contributed by atoms with van der Waals surface area (Å²) in [5, 5.41) is 67.0. The summed E-state index contributed by atoms with van der Waals surface area (Å²) < 4.78 is 34.6. The van der Waals surface area contributed by atoms with Crippen molar-refractivity contribution in [3.8, 4) is 0 Å². The van der Waals surface area contributed by atoms with Crippen LogP contribution in [0.1, 0.15) is 155 Å². The normalized spacial score (nSPS) is 31.7. The van der Waals surface area contributed by atoms with Crippen molar-refractivity contribution in [3.63, 3.8) is 0 Å². The van der Waals surface area contributed by atoms with E-state index < -0.39 is 99.4 Å². The van der Waals surface area contributed by atoms with E-state index in [4.69, 9.17) is 18.5 Å².